The van der Waals surface area contributed by atoms with Crippen LogP contribution in [0.15, 0.2) is 12.5 Å². The van der Waals surface area contributed by atoms with Gasteiger partial charge in [-0.3, -0.25) is 9.59 Å². The predicted octanol–water partition coefficient (Wildman–Crippen LogP) is 5.75. The summed E-state index contributed by atoms with van der Waals surface area (Å²) in [5, 5.41) is 0. The molecule has 6 nitrogen and oxygen atoms in total. The molecule has 7 heteroatoms. The van der Waals surface area contributed by atoms with Crippen molar-refractivity contribution in [2.75, 3.05) is 6.61 Å². The summed E-state index contributed by atoms with van der Waals surface area (Å²) in [7, 11) is 1.89. The van der Waals surface area contributed by atoms with E-state index >= 15 is 0 Å². The molecule has 3 atom stereocenters. The zero-order valence-corrected chi connectivity index (χ0v) is 21.1. The average molecular weight is 469 g/mol. The molecule has 1 fully saturated rings. The lowest BCUT2D eigenvalue weighted by Crippen LogP contribution is -2.54. The summed E-state index contributed by atoms with van der Waals surface area (Å²) >= 11 is 7.06. The monoisotopic (exact) mass is 468 g/mol. The Labute approximate surface area is 198 Å². The third-order valence-electron chi connectivity index (χ3n) is 7.02. The number of cyclic esters (lactones) is 1. The van der Waals surface area contributed by atoms with Gasteiger partial charge in [-0.15, -0.1) is 11.6 Å². The van der Waals surface area contributed by atoms with Crippen molar-refractivity contribution in [1.29, 1.82) is 0 Å². The van der Waals surface area contributed by atoms with Gasteiger partial charge < -0.3 is 14.0 Å². The van der Waals surface area contributed by atoms with Crippen LogP contribution in [0.2, 0.25) is 0 Å². The van der Waals surface area contributed by atoms with Crippen LogP contribution < -0.4 is 0 Å². The Morgan fingerprint density at radius 3 is 2.38 bits per heavy atom. The molecule has 2 rings (SSSR count). The molecule has 1 aliphatic rings. The number of halogens is 1. The van der Waals surface area contributed by atoms with E-state index in [1.165, 1.54) is 38.5 Å². The van der Waals surface area contributed by atoms with E-state index in [4.69, 9.17) is 21.1 Å². The highest BCUT2D eigenvalue weighted by Crippen LogP contribution is 2.51. The number of esters is 2. The fourth-order valence-corrected chi connectivity index (χ4v) is 5.44. The van der Waals surface area contributed by atoms with Gasteiger partial charge in [-0.25, -0.2) is 4.98 Å². The molecule has 0 saturated carbocycles. The number of unbranched alkanes of at least 4 members (excludes halogenated alkanes) is 8. The van der Waals surface area contributed by atoms with Crippen molar-refractivity contribution in [3.63, 3.8) is 0 Å². The number of nitrogens with zero attached hydrogens (tertiary/aromatic N) is 2. The van der Waals surface area contributed by atoms with Crippen molar-refractivity contribution in [3.8, 4) is 0 Å². The summed E-state index contributed by atoms with van der Waals surface area (Å²) in [6.07, 6.45) is 14.7. The van der Waals surface area contributed by atoms with Crippen LogP contribution in [0.5, 0.6) is 0 Å². The van der Waals surface area contributed by atoms with Gasteiger partial charge in [-0.05, 0) is 19.8 Å². The molecule has 1 aromatic rings. The number of carbonyl (C=O) groups excluding carboxylic acids is 2. The summed E-state index contributed by atoms with van der Waals surface area (Å²) in [6, 6.07) is 0. The summed E-state index contributed by atoms with van der Waals surface area (Å²) in [5.74, 6) is -0.659. The molecule has 0 radical (unpaired) electrons. The van der Waals surface area contributed by atoms with Crippen LogP contribution in [0, 0.1) is 5.41 Å². The molecule has 0 aliphatic carbocycles. The van der Waals surface area contributed by atoms with Gasteiger partial charge in [0.25, 0.3) is 0 Å². The van der Waals surface area contributed by atoms with E-state index in [0.717, 1.165) is 25.0 Å². The van der Waals surface area contributed by atoms with E-state index in [1.807, 2.05) is 18.5 Å². The number of ether oxygens (including phenoxy) is 2. The molecule has 32 heavy (non-hydrogen) atoms. The van der Waals surface area contributed by atoms with Gasteiger partial charge in [0.15, 0.2) is 0 Å². The van der Waals surface area contributed by atoms with Crippen molar-refractivity contribution < 1.29 is 19.1 Å². The zero-order valence-electron chi connectivity index (χ0n) is 20.3. The second-order valence-corrected chi connectivity index (χ2v) is 9.97. The highest BCUT2D eigenvalue weighted by atomic mass is 35.5. The smallest absolute Gasteiger partial charge is 0.317 e. The minimum absolute atomic E-state index is 0.0898. The molecule has 1 saturated heterocycles. The lowest BCUT2D eigenvalue weighted by atomic mass is 9.69. The second kappa shape index (κ2) is 12.6. The molecule has 1 aliphatic heterocycles. The third kappa shape index (κ3) is 6.27. The van der Waals surface area contributed by atoms with Crippen molar-refractivity contribution >= 4 is 23.5 Å². The van der Waals surface area contributed by atoms with Crippen molar-refractivity contribution in [2.45, 2.75) is 109 Å². The standard InChI is InChI=1S/C25H41ClN2O4/c1-5-7-8-9-10-11-12-13-14-15-22(29)32-20(3)25(6-2)23(30)31-18-24(25,26)16-21-17-27-19-28(21)4/h17,19-20H,5-16,18H2,1-4H3/t20?,24-,25-/m0/s1. The number of aryl methyl sites for hydroxylation is 1. The van der Waals surface area contributed by atoms with Crippen LogP contribution in [-0.2, 0) is 32.5 Å². The molecule has 1 aromatic heterocycles. The maximum atomic E-state index is 12.9. The van der Waals surface area contributed by atoms with Crippen LogP contribution in [0.1, 0.15) is 97.1 Å². The number of aromatic nitrogens is 2. The number of carbonyl (C=O) groups is 2. The molecule has 0 bridgehead atoms. The summed E-state index contributed by atoms with van der Waals surface area (Å²) in [6.45, 7) is 5.99. The largest absolute Gasteiger partial charge is 0.463 e. The third-order valence-corrected chi connectivity index (χ3v) is 7.60. The molecular formula is C25H41ClN2O4. The molecule has 182 valence electrons. The topological polar surface area (TPSA) is 70.4 Å². The second-order valence-electron chi connectivity index (χ2n) is 9.25. The van der Waals surface area contributed by atoms with E-state index in [0.29, 0.717) is 19.3 Å². The molecule has 0 N–H and O–H groups in total. The number of hydrogen-bond acceptors (Lipinski definition) is 5. The van der Waals surface area contributed by atoms with E-state index < -0.39 is 16.4 Å². The first kappa shape index (κ1) is 26.7. The molecule has 2 heterocycles. The Morgan fingerprint density at radius 2 is 1.81 bits per heavy atom. The quantitative estimate of drug-likeness (QED) is 0.186. The van der Waals surface area contributed by atoms with Crippen molar-refractivity contribution in [1.82, 2.24) is 9.55 Å². The van der Waals surface area contributed by atoms with Gasteiger partial charge in [0.2, 0.25) is 0 Å². The first-order valence-electron chi connectivity index (χ1n) is 12.3. The summed E-state index contributed by atoms with van der Waals surface area (Å²) in [5.41, 5.74) is -0.184. The molecule has 0 aromatic carbocycles. The van der Waals surface area contributed by atoms with Gasteiger partial charge in [0.05, 0.1) is 6.33 Å². The van der Waals surface area contributed by atoms with Gasteiger partial charge in [0, 0.05) is 31.8 Å². The Morgan fingerprint density at radius 1 is 1.19 bits per heavy atom. The molecule has 0 spiro atoms. The highest BCUT2D eigenvalue weighted by molar-refractivity contribution is 6.27. The minimum Gasteiger partial charge on any atom is -0.463 e. The number of hydrogen-bond donors (Lipinski definition) is 0. The summed E-state index contributed by atoms with van der Waals surface area (Å²) in [4.78, 5) is 28.6. The maximum absolute atomic E-state index is 12.9. The Hall–Kier alpha value is -1.56. The van der Waals surface area contributed by atoms with E-state index in [1.54, 1.807) is 19.4 Å². The zero-order chi connectivity index (χ0) is 23.6. The molecule has 1 unspecified atom stereocenters. The maximum Gasteiger partial charge on any atom is 0.317 e. The van der Waals surface area contributed by atoms with E-state index in [-0.39, 0.29) is 18.5 Å². The Balaban J connectivity index is 1.87. The first-order chi connectivity index (χ1) is 15.3. The average Bonchev–Trinajstić information content (AvgIpc) is 3.27. The first-order valence-corrected chi connectivity index (χ1v) is 12.7. The van der Waals surface area contributed by atoms with Gasteiger partial charge >= 0.3 is 11.9 Å². The Bertz CT molecular complexity index is 737. The summed E-state index contributed by atoms with van der Waals surface area (Å²) < 4.78 is 13.1. The minimum atomic E-state index is -1.09. The highest BCUT2D eigenvalue weighted by Gasteiger charge is 2.65. The van der Waals surface area contributed by atoms with Crippen LogP contribution in [-0.4, -0.2) is 39.1 Å². The number of rotatable bonds is 15. The number of alkyl halides is 1. The van der Waals surface area contributed by atoms with Crippen LogP contribution in [0.4, 0.5) is 0 Å². The number of imidazole rings is 1. The van der Waals surface area contributed by atoms with Crippen molar-refractivity contribution in [3.05, 3.63) is 18.2 Å². The van der Waals surface area contributed by atoms with E-state index in [2.05, 4.69) is 11.9 Å². The molecule has 0 amide bonds. The molecular weight excluding hydrogens is 428 g/mol. The van der Waals surface area contributed by atoms with Crippen molar-refractivity contribution in [2.24, 2.45) is 12.5 Å². The van der Waals surface area contributed by atoms with Gasteiger partial charge in [-0.2, -0.15) is 0 Å². The van der Waals surface area contributed by atoms with Gasteiger partial charge in [0.1, 0.15) is 23.0 Å². The lowest BCUT2D eigenvalue weighted by molar-refractivity contribution is -0.164. The lowest BCUT2D eigenvalue weighted by Gasteiger charge is -2.40. The predicted molar refractivity (Wildman–Crippen MR) is 127 cm³/mol. The van der Waals surface area contributed by atoms with Crippen LogP contribution in [0.25, 0.3) is 0 Å². The van der Waals surface area contributed by atoms with Crippen LogP contribution >= 0.6 is 11.6 Å². The van der Waals surface area contributed by atoms with Gasteiger partial charge in [-0.1, -0.05) is 65.2 Å². The Kier molecular flexibility index (Phi) is 10.5. The normalized spacial score (nSPS) is 23.8. The van der Waals surface area contributed by atoms with E-state index in [9.17, 15) is 9.59 Å². The fourth-order valence-electron chi connectivity index (χ4n) is 4.89. The fraction of sp³-hybridized carbons (Fsp3) is 0.800. The van der Waals surface area contributed by atoms with Crippen LogP contribution in [0.3, 0.4) is 0 Å². The SMILES string of the molecule is CCCCCCCCCCCC(=O)OC(C)[C@@]1(CC)C(=O)OC[C@@]1(Cl)Cc1cncn1C.